The molecule has 2 rings (SSSR count). The van der Waals surface area contributed by atoms with E-state index >= 15 is 0 Å². The number of rotatable bonds is 0. The molecule has 2 bridgehead atoms. The van der Waals surface area contributed by atoms with Crippen molar-refractivity contribution in [3.63, 3.8) is 0 Å². The van der Waals surface area contributed by atoms with Crippen molar-refractivity contribution < 1.29 is 5.11 Å². The van der Waals surface area contributed by atoms with Crippen molar-refractivity contribution in [2.75, 3.05) is 0 Å². The third kappa shape index (κ3) is 0.651. The summed E-state index contributed by atoms with van der Waals surface area (Å²) in [7, 11) is 0. The van der Waals surface area contributed by atoms with Crippen LogP contribution in [0, 0.1) is 11.3 Å². The number of fused-ring (bicyclic) bond motifs is 2. The third-order valence-electron chi connectivity index (χ3n) is 4.23. The van der Waals surface area contributed by atoms with Gasteiger partial charge in [-0.15, -0.1) is 0 Å². The summed E-state index contributed by atoms with van der Waals surface area (Å²) in [6.07, 6.45) is 2.88. The predicted molar refractivity (Wildman–Crippen MR) is 44.0 cm³/mol. The normalized spacial score (nSPS) is 53.5. The predicted octanol–water partition coefficient (Wildman–Crippen LogP) is 0.885. The molecule has 2 nitrogen and oxygen atoms in total. The van der Waals surface area contributed by atoms with E-state index in [9.17, 15) is 5.11 Å². The first-order valence-electron chi connectivity index (χ1n) is 4.45. The average molecular weight is 155 g/mol. The van der Waals surface area contributed by atoms with Crippen molar-refractivity contribution in [2.45, 2.75) is 44.8 Å². The van der Waals surface area contributed by atoms with Gasteiger partial charge in [-0.25, -0.2) is 0 Å². The Labute approximate surface area is 67.8 Å². The van der Waals surface area contributed by atoms with E-state index in [1.54, 1.807) is 0 Å². The summed E-state index contributed by atoms with van der Waals surface area (Å²) in [4.78, 5) is 0. The fourth-order valence-electron chi connectivity index (χ4n) is 2.96. The Bertz CT molecular complexity index is 190. The largest absolute Gasteiger partial charge is 0.391 e. The van der Waals surface area contributed by atoms with Crippen LogP contribution in [0.1, 0.15) is 33.1 Å². The molecule has 2 aliphatic carbocycles. The zero-order chi connectivity index (χ0) is 8.28. The van der Waals surface area contributed by atoms with Gasteiger partial charge in [0.1, 0.15) is 0 Å². The van der Waals surface area contributed by atoms with Crippen LogP contribution in [0.5, 0.6) is 0 Å². The Morgan fingerprint density at radius 3 is 2.27 bits per heavy atom. The van der Waals surface area contributed by atoms with Crippen LogP contribution in [-0.4, -0.2) is 16.7 Å². The molecule has 0 amide bonds. The first kappa shape index (κ1) is 7.56. The van der Waals surface area contributed by atoms with Crippen molar-refractivity contribution >= 4 is 0 Å². The van der Waals surface area contributed by atoms with Gasteiger partial charge in [0, 0.05) is 5.54 Å². The molecule has 3 atom stereocenters. The lowest BCUT2D eigenvalue weighted by Gasteiger charge is -2.36. The van der Waals surface area contributed by atoms with Crippen molar-refractivity contribution in [3.05, 3.63) is 0 Å². The van der Waals surface area contributed by atoms with Gasteiger partial charge in [0.15, 0.2) is 0 Å². The van der Waals surface area contributed by atoms with Gasteiger partial charge in [0.2, 0.25) is 0 Å². The maximum atomic E-state index is 9.69. The SMILES string of the molecule is CC1(C)[C@H]2CC[C@]1(N)[C@H](O)C2. The zero-order valence-electron chi connectivity index (χ0n) is 7.30. The van der Waals surface area contributed by atoms with Gasteiger partial charge in [-0.1, -0.05) is 13.8 Å². The van der Waals surface area contributed by atoms with Crippen LogP contribution >= 0.6 is 0 Å². The second-order valence-electron chi connectivity index (χ2n) is 4.75. The van der Waals surface area contributed by atoms with Crippen LogP contribution in [0.4, 0.5) is 0 Å². The summed E-state index contributed by atoms with van der Waals surface area (Å²) in [5, 5.41) is 9.69. The Morgan fingerprint density at radius 2 is 2.09 bits per heavy atom. The second-order valence-corrected chi connectivity index (χ2v) is 4.75. The quantitative estimate of drug-likeness (QED) is 0.545. The monoisotopic (exact) mass is 155 g/mol. The van der Waals surface area contributed by atoms with E-state index in [2.05, 4.69) is 13.8 Å². The van der Waals surface area contributed by atoms with E-state index in [1.165, 1.54) is 6.42 Å². The van der Waals surface area contributed by atoms with Crippen molar-refractivity contribution in [3.8, 4) is 0 Å². The van der Waals surface area contributed by atoms with Crippen LogP contribution in [0.3, 0.4) is 0 Å². The Morgan fingerprint density at radius 1 is 1.45 bits per heavy atom. The van der Waals surface area contributed by atoms with Crippen LogP contribution in [0.15, 0.2) is 0 Å². The van der Waals surface area contributed by atoms with E-state index in [0.717, 1.165) is 12.8 Å². The molecule has 2 aliphatic rings. The molecule has 2 heteroatoms. The highest BCUT2D eigenvalue weighted by Crippen LogP contribution is 2.58. The third-order valence-corrected chi connectivity index (χ3v) is 4.23. The van der Waals surface area contributed by atoms with Crippen molar-refractivity contribution in [1.82, 2.24) is 0 Å². The molecule has 11 heavy (non-hydrogen) atoms. The van der Waals surface area contributed by atoms with Crippen molar-refractivity contribution in [1.29, 1.82) is 0 Å². The average Bonchev–Trinajstić information content (AvgIpc) is 2.20. The molecule has 64 valence electrons. The van der Waals surface area contributed by atoms with Gasteiger partial charge >= 0.3 is 0 Å². The molecule has 0 unspecified atom stereocenters. The topological polar surface area (TPSA) is 46.2 Å². The first-order valence-corrected chi connectivity index (χ1v) is 4.45. The molecule has 3 N–H and O–H groups in total. The van der Waals surface area contributed by atoms with E-state index in [1.807, 2.05) is 0 Å². The van der Waals surface area contributed by atoms with Crippen LogP contribution in [0.25, 0.3) is 0 Å². The Hall–Kier alpha value is -0.0800. The summed E-state index contributed by atoms with van der Waals surface area (Å²) in [5.74, 6) is 0.655. The number of nitrogens with two attached hydrogens (primary N) is 1. The maximum Gasteiger partial charge on any atom is 0.0727 e. The molecule has 0 aliphatic heterocycles. The minimum atomic E-state index is -0.280. The van der Waals surface area contributed by atoms with Crippen LogP contribution in [0.2, 0.25) is 0 Å². The first-order chi connectivity index (χ1) is 4.98. The molecule has 0 aromatic carbocycles. The van der Waals surface area contributed by atoms with E-state index < -0.39 is 0 Å². The smallest absolute Gasteiger partial charge is 0.0727 e. The van der Waals surface area contributed by atoms with Gasteiger partial charge in [-0.05, 0) is 30.6 Å². The highest BCUT2D eigenvalue weighted by molar-refractivity contribution is 5.16. The molecule has 0 aromatic heterocycles. The van der Waals surface area contributed by atoms with Crippen molar-refractivity contribution in [2.24, 2.45) is 17.1 Å². The number of aliphatic hydroxyl groups excluding tert-OH is 1. The fourth-order valence-corrected chi connectivity index (χ4v) is 2.96. The highest BCUT2D eigenvalue weighted by atomic mass is 16.3. The molecule has 0 spiro atoms. The summed E-state index contributed by atoms with van der Waals surface area (Å²) >= 11 is 0. The van der Waals surface area contributed by atoms with E-state index in [-0.39, 0.29) is 17.1 Å². The van der Waals surface area contributed by atoms with Gasteiger partial charge in [-0.3, -0.25) is 0 Å². The minimum absolute atomic E-state index is 0.159. The molecule has 0 aromatic rings. The Kier molecular flexibility index (Phi) is 1.24. The molecular formula is C9H17NO. The van der Waals surface area contributed by atoms with Gasteiger partial charge in [0.05, 0.1) is 6.10 Å². The van der Waals surface area contributed by atoms with Gasteiger partial charge in [-0.2, -0.15) is 0 Å². The summed E-state index contributed by atoms with van der Waals surface area (Å²) in [6.45, 7) is 4.39. The van der Waals surface area contributed by atoms with Crippen LogP contribution in [-0.2, 0) is 0 Å². The highest BCUT2D eigenvalue weighted by Gasteiger charge is 2.61. The summed E-state index contributed by atoms with van der Waals surface area (Å²) in [5.41, 5.74) is 6.05. The molecule has 0 heterocycles. The standard InChI is InChI=1S/C9H17NO/c1-8(2)6-3-4-9(8,10)7(11)5-6/h6-7,11H,3-5,10H2,1-2H3/t6-,7+,9-/m0/s1. The maximum absolute atomic E-state index is 9.69. The fraction of sp³-hybridized carbons (Fsp3) is 1.00. The molecule has 0 saturated heterocycles. The van der Waals surface area contributed by atoms with Gasteiger partial charge in [0.25, 0.3) is 0 Å². The lowest BCUT2D eigenvalue weighted by atomic mass is 9.76. The lowest BCUT2D eigenvalue weighted by molar-refractivity contribution is 0.0670. The zero-order valence-corrected chi connectivity index (χ0v) is 7.30. The molecule has 0 radical (unpaired) electrons. The molecule has 2 fully saturated rings. The van der Waals surface area contributed by atoms with E-state index in [0.29, 0.717) is 5.92 Å². The van der Waals surface area contributed by atoms with Gasteiger partial charge < -0.3 is 10.8 Å². The lowest BCUT2D eigenvalue weighted by Crippen LogP contribution is -2.54. The summed E-state index contributed by atoms with van der Waals surface area (Å²) in [6, 6.07) is 0. The second kappa shape index (κ2) is 1.80. The number of hydrogen-bond donors (Lipinski definition) is 2. The number of aliphatic hydroxyl groups is 1. The van der Waals surface area contributed by atoms with Crippen LogP contribution < -0.4 is 5.73 Å². The molecular weight excluding hydrogens is 138 g/mol. The molecule has 2 saturated carbocycles. The minimum Gasteiger partial charge on any atom is -0.391 e. The number of hydrogen-bond acceptors (Lipinski definition) is 2. The summed E-state index contributed by atoms with van der Waals surface area (Å²) < 4.78 is 0. The Balaban J connectivity index is 2.40. The van der Waals surface area contributed by atoms with E-state index in [4.69, 9.17) is 5.73 Å².